The summed E-state index contributed by atoms with van der Waals surface area (Å²) in [7, 11) is 0. The van der Waals surface area contributed by atoms with Crippen LogP contribution in [0.25, 0.3) is 0 Å². The van der Waals surface area contributed by atoms with E-state index < -0.39 is 0 Å². The number of hydrogen-bond donors (Lipinski definition) is 0. The molecule has 1 nitrogen and oxygen atoms in total. The molecule has 0 aliphatic rings. The van der Waals surface area contributed by atoms with Gasteiger partial charge in [-0.1, -0.05) is 84.5 Å². The van der Waals surface area contributed by atoms with Gasteiger partial charge in [0.1, 0.15) is 0 Å². The lowest BCUT2D eigenvalue weighted by molar-refractivity contribution is 0.569. The molecule has 0 aliphatic heterocycles. The van der Waals surface area contributed by atoms with E-state index in [9.17, 15) is 0 Å². The molecule has 0 aromatic carbocycles. The summed E-state index contributed by atoms with van der Waals surface area (Å²) >= 11 is 0. The summed E-state index contributed by atoms with van der Waals surface area (Å²) in [6.45, 7) is 5.59. The van der Waals surface area contributed by atoms with Crippen LogP contribution < -0.4 is 0 Å². The Balaban J connectivity index is 2.99. The number of hydrogen-bond acceptors (Lipinski definition) is 1. The standard InChI is InChI=1S/C18H37N/c1-3-5-7-9-10-11-12-13-14-16-18-19-17-15-8-6-4-2/h18H,3-17H2,1-2H3/b19-18+. The fraction of sp³-hybridized carbons (Fsp3) is 0.944. The first kappa shape index (κ1) is 18.7. The van der Waals surface area contributed by atoms with Crippen LogP contribution in [0.2, 0.25) is 0 Å². The summed E-state index contributed by atoms with van der Waals surface area (Å²) in [6, 6.07) is 0. The van der Waals surface area contributed by atoms with E-state index in [4.69, 9.17) is 0 Å². The van der Waals surface area contributed by atoms with Crippen molar-refractivity contribution in [2.45, 2.75) is 104 Å². The van der Waals surface area contributed by atoms with Crippen LogP contribution in [0.3, 0.4) is 0 Å². The lowest BCUT2D eigenvalue weighted by Crippen LogP contribution is -1.85. The molecule has 0 fully saturated rings. The van der Waals surface area contributed by atoms with Crippen LogP contribution in [0.15, 0.2) is 4.99 Å². The summed E-state index contributed by atoms with van der Waals surface area (Å²) in [5.41, 5.74) is 0. The molecule has 0 aromatic heterocycles. The van der Waals surface area contributed by atoms with Crippen LogP contribution in [0.1, 0.15) is 104 Å². The molecule has 19 heavy (non-hydrogen) atoms. The SMILES string of the molecule is CCCCCCCCCCC/C=N/CCCCCC. The van der Waals surface area contributed by atoms with Crippen molar-refractivity contribution < 1.29 is 0 Å². The number of rotatable bonds is 15. The molecule has 0 atom stereocenters. The zero-order valence-corrected chi connectivity index (χ0v) is 13.6. The van der Waals surface area contributed by atoms with Gasteiger partial charge in [-0.2, -0.15) is 0 Å². The molecule has 0 unspecified atom stereocenters. The Morgan fingerprint density at radius 3 is 1.63 bits per heavy atom. The minimum Gasteiger partial charge on any atom is -0.298 e. The molecular formula is C18H37N. The summed E-state index contributed by atoms with van der Waals surface area (Å²) in [6.07, 6.45) is 21.4. The molecule has 0 N–H and O–H groups in total. The van der Waals surface area contributed by atoms with E-state index in [1.165, 1.54) is 89.9 Å². The second-order valence-electron chi connectivity index (χ2n) is 5.77. The van der Waals surface area contributed by atoms with Crippen molar-refractivity contribution in [1.82, 2.24) is 0 Å². The van der Waals surface area contributed by atoms with Gasteiger partial charge in [-0.3, -0.25) is 4.99 Å². The minimum absolute atomic E-state index is 1.05. The van der Waals surface area contributed by atoms with Crippen LogP contribution in [0, 0.1) is 0 Å². The van der Waals surface area contributed by atoms with Crippen LogP contribution in [-0.2, 0) is 0 Å². The molecule has 0 rings (SSSR count). The van der Waals surface area contributed by atoms with Gasteiger partial charge in [-0.25, -0.2) is 0 Å². The van der Waals surface area contributed by atoms with Gasteiger partial charge in [0.25, 0.3) is 0 Å². The predicted octanol–water partition coefficient (Wildman–Crippen LogP) is 6.56. The van der Waals surface area contributed by atoms with E-state index >= 15 is 0 Å². The number of unbranched alkanes of at least 4 members (excludes halogenated alkanes) is 12. The van der Waals surface area contributed by atoms with Gasteiger partial charge in [0.2, 0.25) is 0 Å². The van der Waals surface area contributed by atoms with Crippen LogP contribution in [0.4, 0.5) is 0 Å². The largest absolute Gasteiger partial charge is 0.298 e. The van der Waals surface area contributed by atoms with Crippen LogP contribution >= 0.6 is 0 Å². The highest BCUT2D eigenvalue weighted by molar-refractivity contribution is 5.56. The molecule has 0 amide bonds. The Labute approximate surface area is 122 Å². The predicted molar refractivity (Wildman–Crippen MR) is 89.3 cm³/mol. The molecule has 114 valence electrons. The van der Waals surface area contributed by atoms with Crippen molar-refractivity contribution >= 4 is 6.21 Å². The third-order valence-corrected chi connectivity index (χ3v) is 3.71. The first-order valence-electron chi connectivity index (χ1n) is 8.90. The summed E-state index contributed by atoms with van der Waals surface area (Å²) in [5.74, 6) is 0. The van der Waals surface area contributed by atoms with E-state index in [0.29, 0.717) is 0 Å². The van der Waals surface area contributed by atoms with E-state index in [1.807, 2.05) is 0 Å². The normalized spacial score (nSPS) is 11.5. The molecule has 0 aromatic rings. The highest BCUT2D eigenvalue weighted by Crippen LogP contribution is 2.10. The van der Waals surface area contributed by atoms with Crippen molar-refractivity contribution in [3.63, 3.8) is 0 Å². The maximum absolute atomic E-state index is 4.49. The summed E-state index contributed by atoms with van der Waals surface area (Å²) in [5, 5.41) is 0. The van der Waals surface area contributed by atoms with Crippen molar-refractivity contribution in [3.05, 3.63) is 0 Å². The molecule has 0 bridgehead atoms. The van der Waals surface area contributed by atoms with Crippen molar-refractivity contribution in [2.24, 2.45) is 4.99 Å². The Hall–Kier alpha value is -0.330. The highest BCUT2D eigenvalue weighted by Gasteiger charge is 1.91. The van der Waals surface area contributed by atoms with Gasteiger partial charge < -0.3 is 0 Å². The molecule has 0 heterocycles. The van der Waals surface area contributed by atoms with Gasteiger partial charge in [-0.05, 0) is 25.5 Å². The molecule has 0 saturated carbocycles. The van der Waals surface area contributed by atoms with E-state index in [-0.39, 0.29) is 0 Å². The Kier molecular flexibility index (Phi) is 17.4. The zero-order valence-electron chi connectivity index (χ0n) is 13.6. The monoisotopic (exact) mass is 267 g/mol. The fourth-order valence-electron chi connectivity index (χ4n) is 2.36. The lowest BCUT2D eigenvalue weighted by Gasteiger charge is -2.00. The molecule has 1 heteroatoms. The van der Waals surface area contributed by atoms with E-state index in [0.717, 1.165) is 6.54 Å². The van der Waals surface area contributed by atoms with Crippen molar-refractivity contribution in [1.29, 1.82) is 0 Å². The first-order chi connectivity index (χ1) is 9.41. The highest BCUT2D eigenvalue weighted by atomic mass is 14.7. The summed E-state index contributed by atoms with van der Waals surface area (Å²) in [4.78, 5) is 4.49. The van der Waals surface area contributed by atoms with Crippen LogP contribution in [-0.4, -0.2) is 12.8 Å². The minimum atomic E-state index is 1.05. The van der Waals surface area contributed by atoms with Gasteiger partial charge in [0, 0.05) is 6.54 Å². The number of nitrogens with zero attached hydrogens (tertiary/aromatic N) is 1. The molecule has 0 aliphatic carbocycles. The Morgan fingerprint density at radius 2 is 1.05 bits per heavy atom. The molecule has 0 saturated heterocycles. The summed E-state index contributed by atoms with van der Waals surface area (Å²) < 4.78 is 0. The second kappa shape index (κ2) is 17.7. The molecule has 0 spiro atoms. The van der Waals surface area contributed by atoms with Crippen molar-refractivity contribution in [2.75, 3.05) is 6.54 Å². The lowest BCUT2D eigenvalue weighted by atomic mass is 10.1. The average Bonchev–Trinajstić information content (AvgIpc) is 2.43. The van der Waals surface area contributed by atoms with Crippen LogP contribution in [0.5, 0.6) is 0 Å². The Bertz CT molecular complexity index is 175. The second-order valence-corrected chi connectivity index (χ2v) is 5.77. The van der Waals surface area contributed by atoms with Crippen molar-refractivity contribution in [3.8, 4) is 0 Å². The van der Waals surface area contributed by atoms with Gasteiger partial charge in [0.05, 0.1) is 0 Å². The smallest absolute Gasteiger partial charge is 0.0385 e. The van der Waals surface area contributed by atoms with Gasteiger partial charge in [0.15, 0.2) is 0 Å². The fourth-order valence-corrected chi connectivity index (χ4v) is 2.36. The third kappa shape index (κ3) is 17.7. The maximum atomic E-state index is 4.49. The first-order valence-corrected chi connectivity index (χ1v) is 8.90. The third-order valence-electron chi connectivity index (χ3n) is 3.71. The maximum Gasteiger partial charge on any atom is 0.0385 e. The zero-order chi connectivity index (χ0) is 14.0. The molecule has 0 radical (unpaired) electrons. The Morgan fingerprint density at radius 1 is 0.579 bits per heavy atom. The topological polar surface area (TPSA) is 12.4 Å². The van der Waals surface area contributed by atoms with Gasteiger partial charge in [-0.15, -0.1) is 0 Å². The molecular weight excluding hydrogens is 230 g/mol. The van der Waals surface area contributed by atoms with E-state index in [1.54, 1.807) is 0 Å². The average molecular weight is 268 g/mol. The quantitative estimate of drug-likeness (QED) is 0.235. The van der Waals surface area contributed by atoms with Gasteiger partial charge >= 0.3 is 0 Å². The number of aliphatic imine (C=N–C) groups is 1. The van der Waals surface area contributed by atoms with E-state index in [2.05, 4.69) is 25.1 Å².